The lowest BCUT2D eigenvalue weighted by atomic mass is 9.94. The number of furan rings is 1. The minimum atomic E-state index is -3.56. The van der Waals surface area contributed by atoms with Gasteiger partial charge in [-0.05, 0) is 80.6 Å². The van der Waals surface area contributed by atoms with Gasteiger partial charge in [0.15, 0.2) is 0 Å². The number of nitrogens with one attached hydrogen (secondary N) is 1. The number of amides is 1. The Balaban J connectivity index is 1.41. The monoisotopic (exact) mass is 473 g/mol. The predicted octanol–water partition coefficient (Wildman–Crippen LogP) is 3.90. The van der Waals surface area contributed by atoms with Crippen LogP contribution in [0, 0.1) is 11.8 Å². The molecule has 1 amide bonds. The summed E-state index contributed by atoms with van der Waals surface area (Å²) in [5, 5.41) is 3.02. The molecule has 2 aliphatic rings. The van der Waals surface area contributed by atoms with Gasteiger partial charge < -0.3 is 9.73 Å². The van der Waals surface area contributed by atoms with Crippen molar-refractivity contribution in [2.75, 3.05) is 32.7 Å². The number of sulfonamides is 1. The fourth-order valence-corrected chi connectivity index (χ4v) is 6.82. The van der Waals surface area contributed by atoms with Gasteiger partial charge in [-0.1, -0.05) is 20.3 Å². The van der Waals surface area contributed by atoms with Crippen LogP contribution in [-0.2, 0) is 10.0 Å². The van der Waals surface area contributed by atoms with Gasteiger partial charge in [-0.2, -0.15) is 4.31 Å². The van der Waals surface area contributed by atoms with Crippen LogP contribution in [0.1, 0.15) is 61.7 Å². The van der Waals surface area contributed by atoms with E-state index in [0.29, 0.717) is 37.0 Å². The highest BCUT2D eigenvalue weighted by Crippen LogP contribution is 2.27. The summed E-state index contributed by atoms with van der Waals surface area (Å²) in [5.41, 5.74) is 0.450. The maximum Gasteiger partial charge on any atom is 0.251 e. The van der Waals surface area contributed by atoms with Gasteiger partial charge in [-0.3, -0.25) is 9.69 Å². The predicted molar refractivity (Wildman–Crippen MR) is 127 cm³/mol. The topological polar surface area (TPSA) is 82.9 Å². The zero-order valence-corrected chi connectivity index (χ0v) is 20.4. The van der Waals surface area contributed by atoms with E-state index in [9.17, 15) is 13.2 Å². The van der Waals surface area contributed by atoms with E-state index in [4.69, 9.17) is 4.42 Å². The van der Waals surface area contributed by atoms with Crippen molar-refractivity contribution in [3.63, 3.8) is 0 Å². The Hall–Kier alpha value is -2.16. The first kappa shape index (κ1) is 24.0. The lowest BCUT2D eigenvalue weighted by Crippen LogP contribution is -2.42. The van der Waals surface area contributed by atoms with Crippen LogP contribution in [0.2, 0.25) is 0 Å². The lowest BCUT2D eigenvalue weighted by Gasteiger charge is -2.34. The number of benzene rings is 1. The highest BCUT2D eigenvalue weighted by atomic mass is 32.2. The zero-order valence-electron chi connectivity index (χ0n) is 19.6. The van der Waals surface area contributed by atoms with Crippen LogP contribution in [-0.4, -0.2) is 56.3 Å². The Bertz CT molecular complexity index is 1000. The molecule has 0 radical (unpaired) electrons. The first-order valence-corrected chi connectivity index (χ1v) is 13.4. The average molecular weight is 474 g/mol. The second-order valence-electron chi connectivity index (χ2n) is 9.63. The van der Waals surface area contributed by atoms with Crippen molar-refractivity contribution >= 4 is 15.9 Å². The van der Waals surface area contributed by atoms with Gasteiger partial charge >= 0.3 is 0 Å². The quantitative estimate of drug-likeness (QED) is 0.659. The van der Waals surface area contributed by atoms with E-state index in [0.717, 1.165) is 38.1 Å². The fourth-order valence-electron chi connectivity index (χ4n) is 5.14. The molecular weight excluding hydrogens is 438 g/mol. The van der Waals surface area contributed by atoms with Gasteiger partial charge in [0.1, 0.15) is 5.76 Å². The summed E-state index contributed by atoms with van der Waals surface area (Å²) in [4.78, 5) is 15.4. The molecule has 33 heavy (non-hydrogen) atoms. The minimum Gasteiger partial charge on any atom is -0.468 e. The van der Waals surface area contributed by atoms with E-state index in [-0.39, 0.29) is 16.8 Å². The molecule has 0 bridgehead atoms. The molecule has 2 saturated heterocycles. The Morgan fingerprint density at radius 1 is 1.06 bits per heavy atom. The first-order valence-electron chi connectivity index (χ1n) is 12.0. The average Bonchev–Trinajstić information content (AvgIpc) is 3.34. The lowest BCUT2D eigenvalue weighted by molar-refractivity contribution is 0.0914. The summed E-state index contributed by atoms with van der Waals surface area (Å²) < 4.78 is 33.4. The third kappa shape index (κ3) is 5.67. The summed E-state index contributed by atoms with van der Waals surface area (Å²) in [7, 11) is -3.56. The molecule has 1 N–H and O–H groups in total. The van der Waals surface area contributed by atoms with E-state index in [2.05, 4.69) is 24.1 Å². The number of carbonyl (C=O) groups is 1. The molecule has 3 heterocycles. The molecule has 0 aliphatic carbocycles. The van der Waals surface area contributed by atoms with E-state index in [1.807, 2.05) is 12.1 Å². The van der Waals surface area contributed by atoms with Gasteiger partial charge in [0.2, 0.25) is 10.0 Å². The van der Waals surface area contributed by atoms with Crippen LogP contribution in [0.3, 0.4) is 0 Å². The third-order valence-electron chi connectivity index (χ3n) is 6.75. The molecular formula is C25H35N3O4S. The van der Waals surface area contributed by atoms with Gasteiger partial charge in [-0.25, -0.2) is 8.42 Å². The van der Waals surface area contributed by atoms with Crippen molar-refractivity contribution in [1.29, 1.82) is 0 Å². The summed E-state index contributed by atoms with van der Waals surface area (Å²) in [6.07, 6.45) is 6.24. The number of hydrogen-bond donors (Lipinski definition) is 1. The Morgan fingerprint density at radius 3 is 2.33 bits per heavy atom. The first-order chi connectivity index (χ1) is 15.8. The molecule has 7 nitrogen and oxygen atoms in total. The zero-order chi connectivity index (χ0) is 23.4. The molecule has 0 spiro atoms. The molecule has 2 fully saturated rings. The van der Waals surface area contributed by atoms with Crippen LogP contribution < -0.4 is 5.32 Å². The van der Waals surface area contributed by atoms with Crippen molar-refractivity contribution in [3.8, 4) is 0 Å². The van der Waals surface area contributed by atoms with Crippen molar-refractivity contribution in [2.24, 2.45) is 11.8 Å². The maximum absolute atomic E-state index is 13.1. The number of nitrogens with zero attached hydrogens (tertiary/aromatic N) is 2. The van der Waals surface area contributed by atoms with Crippen LogP contribution in [0.4, 0.5) is 0 Å². The summed E-state index contributed by atoms with van der Waals surface area (Å²) in [5.74, 6) is 1.32. The van der Waals surface area contributed by atoms with Gasteiger partial charge in [0.05, 0.1) is 17.2 Å². The van der Waals surface area contributed by atoms with Crippen LogP contribution in [0.5, 0.6) is 0 Å². The van der Waals surface area contributed by atoms with Crippen molar-refractivity contribution < 1.29 is 17.6 Å². The molecule has 1 aromatic carbocycles. The fraction of sp³-hybridized carbons (Fsp3) is 0.560. The highest BCUT2D eigenvalue weighted by molar-refractivity contribution is 7.89. The molecule has 0 saturated carbocycles. The summed E-state index contributed by atoms with van der Waals surface area (Å²) in [6.45, 7) is 7.68. The maximum atomic E-state index is 13.1. The Kier molecular flexibility index (Phi) is 7.56. The molecule has 3 atom stereocenters. The molecule has 180 valence electrons. The van der Waals surface area contributed by atoms with Gasteiger partial charge in [0, 0.05) is 25.2 Å². The number of piperidine rings is 2. The van der Waals surface area contributed by atoms with E-state index < -0.39 is 10.0 Å². The van der Waals surface area contributed by atoms with Crippen LogP contribution in [0.15, 0.2) is 52.0 Å². The summed E-state index contributed by atoms with van der Waals surface area (Å²) >= 11 is 0. The highest BCUT2D eigenvalue weighted by Gasteiger charge is 2.32. The second kappa shape index (κ2) is 10.4. The number of hydrogen-bond acceptors (Lipinski definition) is 5. The third-order valence-corrected chi connectivity index (χ3v) is 8.59. The normalized spacial score (nSPS) is 23.8. The van der Waals surface area contributed by atoms with Crippen molar-refractivity contribution in [2.45, 2.75) is 50.5 Å². The largest absolute Gasteiger partial charge is 0.468 e. The molecule has 2 aromatic rings. The van der Waals surface area contributed by atoms with Crippen LogP contribution in [0.25, 0.3) is 0 Å². The standard InChI is InChI=1S/C25H35N3O4S/c1-19-15-20(2)18-28(17-19)33(30,31)22-10-8-21(9-11-22)25(29)26-16-23(24-7-6-14-32-24)27-12-4-3-5-13-27/h6-11,14,19-20,23H,3-5,12-13,15-18H2,1-2H3,(H,26,29). The van der Waals surface area contributed by atoms with Crippen molar-refractivity contribution in [3.05, 3.63) is 54.0 Å². The molecule has 8 heteroatoms. The van der Waals surface area contributed by atoms with Gasteiger partial charge in [-0.15, -0.1) is 0 Å². The smallest absolute Gasteiger partial charge is 0.251 e. The van der Waals surface area contributed by atoms with Crippen LogP contribution >= 0.6 is 0 Å². The van der Waals surface area contributed by atoms with E-state index in [1.165, 1.54) is 6.42 Å². The molecule has 4 rings (SSSR count). The SMILES string of the molecule is CC1CC(C)CN(S(=O)(=O)c2ccc(C(=O)NCC(c3ccco3)N3CCCCC3)cc2)C1. The molecule has 3 unspecified atom stereocenters. The summed E-state index contributed by atoms with van der Waals surface area (Å²) in [6, 6.07) is 10.1. The molecule has 2 aliphatic heterocycles. The Morgan fingerprint density at radius 2 is 1.73 bits per heavy atom. The van der Waals surface area contributed by atoms with E-state index >= 15 is 0 Å². The second-order valence-corrected chi connectivity index (χ2v) is 11.6. The van der Waals surface area contributed by atoms with Gasteiger partial charge in [0.25, 0.3) is 5.91 Å². The number of carbonyl (C=O) groups excluding carboxylic acids is 1. The number of rotatable bonds is 7. The number of likely N-dealkylation sites (tertiary alicyclic amines) is 1. The van der Waals surface area contributed by atoms with Crippen molar-refractivity contribution in [1.82, 2.24) is 14.5 Å². The Labute approximate surface area is 197 Å². The minimum absolute atomic E-state index is 0.00742. The molecule has 1 aromatic heterocycles. The van der Waals surface area contributed by atoms with E-state index in [1.54, 1.807) is 34.8 Å².